The highest BCUT2D eigenvalue weighted by molar-refractivity contribution is 5.85. The van der Waals surface area contributed by atoms with Crippen LogP contribution in [0.5, 0.6) is 0 Å². The highest BCUT2D eigenvalue weighted by Crippen LogP contribution is 2.54. The zero-order valence-electron chi connectivity index (χ0n) is 14.9. The average Bonchev–Trinajstić information content (AvgIpc) is 2.79. The second-order valence-corrected chi connectivity index (χ2v) is 7.60. The Hall–Kier alpha value is -1.84. The molecule has 4 unspecified atom stereocenters. The van der Waals surface area contributed by atoms with Gasteiger partial charge < -0.3 is 9.84 Å². The van der Waals surface area contributed by atoms with E-state index in [1.165, 1.54) is 0 Å². The molecule has 0 spiro atoms. The van der Waals surface area contributed by atoms with E-state index in [9.17, 15) is 14.7 Å². The fraction of sp³-hybridized carbons (Fsp3) is 0.600. The van der Waals surface area contributed by atoms with Gasteiger partial charge in [0.05, 0.1) is 0 Å². The third-order valence-electron chi connectivity index (χ3n) is 5.87. The summed E-state index contributed by atoms with van der Waals surface area (Å²) >= 11 is 0. The number of allylic oxidation sites excluding steroid dienone is 2. The normalized spacial score (nSPS) is 33.1. The molecule has 0 radical (unpaired) electrons. The van der Waals surface area contributed by atoms with E-state index in [-0.39, 0.29) is 35.7 Å². The predicted molar refractivity (Wildman–Crippen MR) is 93.4 cm³/mol. The van der Waals surface area contributed by atoms with E-state index in [0.29, 0.717) is 12.8 Å². The Bertz CT molecular complexity index is 601. The van der Waals surface area contributed by atoms with E-state index in [1.54, 1.807) is 6.08 Å². The molecule has 0 saturated heterocycles. The fourth-order valence-corrected chi connectivity index (χ4v) is 4.51. The van der Waals surface area contributed by atoms with Crippen molar-refractivity contribution >= 4 is 11.9 Å². The monoisotopic (exact) mass is 332 g/mol. The summed E-state index contributed by atoms with van der Waals surface area (Å²) < 4.78 is 5.43. The summed E-state index contributed by atoms with van der Waals surface area (Å²) in [6.45, 7) is 14.5. The minimum atomic E-state index is -0.782. The number of esters is 1. The number of aliphatic carboxylic acids is 1. The third kappa shape index (κ3) is 3.63. The van der Waals surface area contributed by atoms with Gasteiger partial charge in [0, 0.05) is 12.5 Å². The lowest BCUT2D eigenvalue weighted by Crippen LogP contribution is -2.42. The lowest BCUT2D eigenvalue weighted by Gasteiger charge is -2.50. The van der Waals surface area contributed by atoms with Crippen LogP contribution in [-0.2, 0) is 14.3 Å². The molecule has 0 amide bonds. The first-order chi connectivity index (χ1) is 11.1. The van der Waals surface area contributed by atoms with E-state index in [0.717, 1.165) is 29.6 Å². The van der Waals surface area contributed by atoms with Crippen LogP contribution >= 0.6 is 0 Å². The van der Waals surface area contributed by atoms with E-state index < -0.39 is 5.97 Å². The second-order valence-electron chi connectivity index (χ2n) is 7.60. The Balaban J connectivity index is 2.29. The molecule has 0 aromatic rings. The topological polar surface area (TPSA) is 63.6 Å². The van der Waals surface area contributed by atoms with E-state index in [1.807, 2.05) is 13.8 Å². The SMILES string of the molecule is C=C(C)C1CCC(=C)C(CC2OC(=O)C=C2C)C1(C)CCC(=O)O. The van der Waals surface area contributed by atoms with Crippen LogP contribution in [0.2, 0.25) is 0 Å². The molecule has 1 aliphatic heterocycles. The molecule has 4 atom stereocenters. The van der Waals surface area contributed by atoms with Crippen molar-refractivity contribution in [2.75, 3.05) is 0 Å². The van der Waals surface area contributed by atoms with Crippen molar-refractivity contribution in [3.8, 4) is 0 Å². The quantitative estimate of drug-likeness (QED) is 0.582. The predicted octanol–water partition coefficient (Wildman–Crippen LogP) is 4.28. The summed E-state index contributed by atoms with van der Waals surface area (Å²) in [5.74, 6) is -0.696. The summed E-state index contributed by atoms with van der Waals surface area (Å²) in [5, 5.41) is 9.17. The van der Waals surface area contributed by atoms with Crippen LogP contribution in [0.1, 0.15) is 52.9 Å². The molecule has 2 aliphatic rings. The highest BCUT2D eigenvalue weighted by Gasteiger charge is 2.47. The Kier molecular flexibility index (Phi) is 5.36. The van der Waals surface area contributed by atoms with Crippen molar-refractivity contribution in [2.45, 2.75) is 59.0 Å². The Labute approximate surface area is 144 Å². The molecule has 1 saturated carbocycles. The van der Waals surface area contributed by atoms with Crippen molar-refractivity contribution in [3.63, 3.8) is 0 Å². The van der Waals surface area contributed by atoms with Gasteiger partial charge in [-0.2, -0.15) is 0 Å². The number of cyclic esters (lactones) is 1. The molecule has 0 bridgehead atoms. The molecule has 4 nitrogen and oxygen atoms in total. The minimum absolute atomic E-state index is 0.117. The number of hydrogen-bond acceptors (Lipinski definition) is 3. The molecular weight excluding hydrogens is 304 g/mol. The van der Waals surface area contributed by atoms with Gasteiger partial charge in [0.25, 0.3) is 0 Å². The summed E-state index contributed by atoms with van der Waals surface area (Å²) in [7, 11) is 0. The van der Waals surface area contributed by atoms with Crippen LogP contribution in [0.4, 0.5) is 0 Å². The van der Waals surface area contributed by atoms with Crippen molar-refractivity contribution in [3.05, 3.63) is 36.0 Å². The Morgan fingerprint density at radius 3 is 2.67 bits per heavy atom. The molecule has 1 aliphatic carbocycles. The van der Waals surface area contributed by atoms with Crippen LogP contribution in [0.25, 0.3) is 0 Å². The zero-order valence-corrected chi connectivity index (χ0v) is 14.9. The zero-order chi connectivity index (χ0) is 18.1. The fourth-order valence-electron chi connectivity index (χ4n) is 4.51. The molecule has 1 fully saturated rings. The standard InChI is InChI=1S/C20H28O4/c1-12(2)15-7-6-13(3)16(20(15,5)9-8-18(21)22)11-17-14(4)10-19(23)24-17/h10,15-17H,1,3,6-9,11H2,2,4-5H3,(H,21,22). The van der Waals surface area contributed by atoms with Crippen LogP contribution in [0.15, 0.2) is 36.0 Å². The van der Waals surface area contributed by atoms with E-state index >= 15 is 0 Å². The van der Waals surface area contributed by atoms with Gasteiger partial charge in [0.2, 0.25) is 0 Å². The molecule has 2 rings (SSSR count). The number of ether oxygens (including phenoxy) is 1. The molecule has 24 heavy (non-hydrogen) atoms. The Morgan fingerprint density at radius 2 is 2.17 bits per heavy atom. The largest absolute Gasteiger partial charge is 0.481 e. The number of rotatable bonds is 6. The number of carboxylic acid groups (broad SMARTS) is 1. The first-order valence-corrected chi connectivity index (χ1v) is 8.58. The second kappa shape index (κ2) is 6.96. The molecular formula is C20H28O4. The van der Waals surface area contributed by atoms with Crippen LogP contribution < -0.4 is 0 Å². The summed E-state index contributed by atoms with van der Waals surface area (Å²) in [5.41, 5.74) is 2.94. The summed E-state index contributed by atoms with van der Waals surface area (Å²) in [4.78, 5) is 22.7. The first-order valence-electron chi connectivity index (χ1n) is 8.58. The number of carboxylic acids is 1. The lowest BCUT2D eigenvalue weighted by molar-refractivity contribution is -0.139. The van der Waals surface area contributed by atoms with Gasteiger partial charge in [-0.1, -0.05) is 31.2 Å². The molecule has 0 aromatic carbocycles. The van der Waals surface area contributed by atoms with Crippen LogP contribution in [0, 0.1) is 17.3 Å². The molecule has 1 N–H and O–H groups in total. The van der Waals surface area contributed by atoms with Crippen molar-refractivity contribution in [1.29, 1.82) is 0 Å². The average molecular weight is 332 g/mol. The van der Waals surface area contributed by atoms with Crippen LogP contribution in [-0.4, -0.2) is 23.1 Å². The van der Waals surface area contributed by atoms with Gasteiger partial charge in [-0.25, -0.2) is 4.79 Å². The van der Waals surface area contributed by atoms with Gasteiger partial charge >= 0.3 is 11.9 Å². The molecule has 132 valence electrons. The lowest BCUT2D eigenvalue weighted by atomic mass is 9.55. The summed E-state index contributed by atoms with van der Waals surface area (Å²) in [6.07, 6.45) is 4.56. The van der Waals surface area contributed by atoms with Gasteiger partial charge in [0.15, 0.2) is 0 Å². The minimum Gasteiger partial charge on any atom is -0.481 e. The number of hydrogen-bond donors (Lipinski definition) is 1. The number of carbonyl (C=O) groups is 2. The van der Waals surface area contributed by atoms with Gasteiger partial charge in [-0.3, -0.25) is 4.79 Å². The van der Waals surface area contributed by atoms with Crippen molar-refractivity contribution < 1.29 is 19.4 Å². The summed E-state index contributed by atoms with van der Waals surface area (Å²) in [6, 6.07) is 0. The maximum Gasteiger partial charge on any atom is 0.331 e. The van der Waals surface area contributed by atoms with Gasteiger partial charge in [-0.15, -0.1) is 0 Å². The van der Waals surface area contributed by atoms with Crippen LogP contribution in [0.3, 0.4) is 0 Å². The molecule has 4 heteroatoms. The first kappa shape index (κ1) is 18.5. The van der Waals surface area contributed by atoms with E-state index in [4.69, 9.17) is 4.74 Å². The van der Waals surface area contributed by atoms with E-state index in [2.05, 4.69) is 20.1 Å². The molecule has 1 heterocycles. The smallest absolute Gasteiger partial charge is 0.331 e. The maximum atomic E-state index is 11.5. The van der Waals surface area contributed by atoms with Crippen molar-refractivity contribution in [2.24, 2.45) is 17.3 Å². The Morgan fingerprint density at radius 1 is 1.50 bits per heavy atom. The highest BCUT2D eigenvalue weighted by atomic mass is 16.5. The third-order valence-corrected chi connectivity index (χ3v) is 5.87. The van der Waals surface area contributed by atoms with Gasteiger partial charge in [0.1, 0.15) is 6.10 Å². The number of carbonyl (C=O) groups excluding carboxylic acids is 1. The van der Waals surface area contributed by atoms with Crippen molar-refractivity contribution in [1.82, 2.24) is 0 Å². The van der Waals surface area contributed by atoms with Gasteiger partial charge in [-0.05, 0) is 62.4 Å². The maximum absolute atomic E-state index is 11.5. The molecule has 0 aromatic heterocycles.